The molecule has 0 saturated heterocycles. The molecule has 1 aromatic heterocycles. The Morgan fingerprint density at radius 3 is 1.65 bits per heavy atom. The number of methoxy groups -OCH3 is 4. The molecule has 0 unspecified atom stereocenters. The van der Waals surface area contributed by atoms with E-state index in [-0.39, 0.29) is 0 Å². The molecule has 7 heteroatoms. The molecule has 3 aromatic carbocycles. The first-order valence-electron chi connectivity index (χ1n) is 9.61. The second-order valence-electron chi connectivity index (χ2n) is 6.72. The van der Waals surface area contributed by atoms with Crippen LogP contribution < -0.4 is 24.7 Å². The Hall–Kier alpha value is -4.00. The molecule has 0 saturated carbocycles. The Bertz CT molecular complexity index is 1260. The van der Waals surface area contributed by atoms with Gasteiger partial charge in [0.25, 0.3) is 0 Å². The van der Waals surface area contributed by atoms with Crippen LogP contribution in [0, 0.1) is 0 Å². The maximum Gasteiger partial charge on any atom is 0.170 e. The maximum absolute atomic E-state index is 6.22. The Kier molecular flexibility index (Phi) is 5.49. The van der Waals surface area contributed by atoms with E-state index in [1.54, 1.807) is 34.5 Å². The van der Waals surface area contributed by atoms with Gasteiger partial charge in [-0.1, -0.05) is 18.2 Å². The van der Waals surface area contributed by atoms with Crippen molar-refractivity contribution in [3.05, 3.63) is 54.6 Å². The molecule has 0 radical (unpaired) electrons. The van der Waals surface area contributed by atoms with E-state index in [1.165, 1.54) is 0 Å². The summed E-state index contributed by atoms with van der Waals surface area (Å²) in [6.45, 7) is 0. The number of ether oxygens (including phenoxy) is 4. The van der Waals surface area contributed by atoms with Gasteiger partial charge in [-0.05, 0) is 36.4 Å². The van der Waals surface area contributed by atoms with Gasteiger partial charge in [-0.2, -0.15) is 0 Å². The molecule has 158 valence electrons. The molecule has 0 aliphatic heterocycles. The van der Waals surface area contributed by atoms with Crippen molar-refractivity contribution in [2.24, 2.45) is 0 Å². The van der Waals surface area contributed by atoms with Crippen LogP contribution in [0.2, 0.25) is 0 Å². The summed E-state index contributed by atoms with van der Waals surface area (Å²) in [6.07, 6.45) is 0. The summed E-state index contributed by atoms with van der Waals surface area (Å²) in [4.78, 5) is 9.84. The van der Waals surface area contributed by atoms with Gasteiger partial charge in [0.05, 0.1) is 39.6 Å². The average Bonchev–Trinajstić information content (AvgIpc) is 2.82. The Balaban J connectivity index is 2.13. The summed E-state index contributed by atoms with van der Waals surface area (Å²) in [7, 11) is 6.38. The van der Waals surface area contributed by atoms with Crippen LogP contribution in [0.1, 0.15) is 0 Å². The fourth-order valence-electron chi connectivity index (χ4n) is 3.62. The maximum atomic E-state index is 6.22. The Labute approximate surface area is 180 Å². The molecule has 7 nitrogen and oxygen atoms in total. The van der Waals surface area contributed by atoms with Crippen LogP contribution in [-0.2, 0) is 0 Å². The lowest BCUT2D eigenvalue weighted by atomic mass is 10.0. The number of rotatable bonds is 6. The molecule has 2 N–H and O–H groups in total. The monoisotopic (exact) mass is 417 g/mol. The summed E-state index contributed by atoms with van der Waals surface area (Å²) >= 11 is 0. The van der Waals surface area contributed by atoms with Gasteiger partial charge < -0.3 is 24.7 Å². The number of fused-ring (bicyclic) bond motifs is 1. The summed E-state index contributed by atoms with van der Waals surface area (Å²) in [6, 6.07) is 16.8. The van der Waals surface area contributed by atoms with Gasteiger partial charge in [0.15, 0.2) is 23.0 Å². The van der Waals surface area contributed by atoms with Gasteiger partial charge in [-0.15, -0.1) is 0 Å². The lowest BCUT2D eigenvalue weighted by molar-refractivity contribution is 0.355. The molecule has 0 bridgehead atoms. The molecule has 0 amide bonds. The van der Waals surface area contributed by atoms with Crippen molar-refractivity contribution in [2.75, 3.05) is 34.2 Å². The first kappa shape index (κ1) is 20.3. The summed E-state index contributed by atoms with van der Waals surface area (Å²) in [5.41, 5.74) is 10.7. The highest BCUT2D eigenvalue weighted by molar-refractivity contribution is 5.94. The van der Waals surface area contributed by atoms with Crippen LogP contribution in [0.25, 0.3) is 33.5 Å². The zero-order valence-corrected chi connectivity index (χ0v) is 17.8. The summed E-state index contributed by atoms with van der Waals surface area (Å²) in [5.74, 6) is 2.30. The van der Waals surface area contributed by atoms with Gasteiger partial charge in [0.2, 0.25) is 0 Å². The Morgan fingerprint density at radius 1 is 0.613 bits per heavy atom. The minimum Gasteiger partial charge on any atom is -0.493 e. The van der Waals surface area contributed by atoms with E-state index in [0.29, 0.717) is 51.1 Å². The zero-order chi connectivity index (χ0) is 22.0. The van der Waals surface area contributed by atoms with Crippen molar-refractivity contribution in [1.29, 1.82) is 0 Å². The predicted octanol–water partition coefficient (Wildman–Crippen LogP) is 4.58. The molecule has 0 spiro atoms. The smallest absolute Gasteiger partial charge is 0.170 e. The normalized spacial score (nSPS) is 10.7. The van der Waals surface area contributed by atoms with Crippen LogP contribution in [0.5, 0.6) is 23.0 Å². The number of hydrogen-bond donors (Lipinski definition) is 1. The summed E-state index contributed by atoms with van der Waals surface area (Å²) in [5, 5.41) is 0. The van der Waals surface area contributed by atoms with Gasteiger partial charge in [-0.3, -0.25) is 0 Å². The van der Waals surface area contributed by atoms with Crippen LogP contribution >= 0.6 is 0 Å². The number of hydrogen-bond acceptors (Lipinski definition) is 7. The number of nitrogen functional groups attached to an aromatic ring is 1. The van der Waals surface area contributed by atoms with Crippen molar-refractivity contribution in [3.8, 4) is 45.5 Å². The van der Waals surface area contributed by atoms with Crippen molar-refractivity contribution < 1.29 is 18.9 Å². The highest BCUT2D eigenvalue weighted by Crippen LogP contribution is 2.45. The molecule has 4 rings (SSSR count). The topological polar surface area (TPSA) is 88.7 Å². The van der Waals surface area contributed by atoms with Gasteiger partial charge >= 0.3 is 0 Å². The number of benzene rings is 3. The van der Waals surface area contributed by atoms with E-state index in [0.717, 1.165) is 11.1 Å². The summed E-state index contributed by atoms with van der Waals surface area (Å²) < 4.78 is 22.3. The van der Waals surface area contributed by atoms with Crippen molar-refractivity contribution in [2.45, 2.75) is 0 Å². The van der Waals surface area contributed by atoms with Gasteiger partial charge in [-0.25, -0.2) is 9.97 Å². The van der Waals surface area contributed by atoms with Crippen molar-refractivity contribution >= 4 is 16.7 Å². The van der Waals surface area contributed by atoms with Gasteiger partial charge in [0.1, 0.15) is 16.9 Å². The predicted molar refractivity (Wildman–Crippen MR) is 121 cm³/mol. The van der Waals surface area contributed by atoms with E-state index in [2.05, 4.69) is 0 Å². The largest absolute Gasteiger partial charge is 0.493 e. The first-order chi connectivity index (χ1) is 15.1. The molecule has 0 aliphatic carbocycles. The van der Waals surface area contributed by atoms with E-state index in [9.17, 15) is 0 Å². The zero-order valence-electron chi connectivity index (χ0n) is 17.8. The molecule has 1 heterocycles. The lowest BCUT2D eigenvalue weighted by Gasteiger charge is -2.18. The fraction of sp³-hybridized carbons (Fsp3) is 0.167. The molecule has 0 atom stereocenters. The third kappa shape index (κ3) is 3.44. The van der Waals surface area contributed by atoms with Crippen LogP contribution in [0.3, 0.4) is 0 Å². The molecule has 31 heavy (non-hydrogen) atoms. The Morgan fingerprint density at radius 2 is 1.13 bits per heavy atom. The molecule has 0 fully saturated rings. The second-order valence-corrected chi connectivity index (χ2v) is 6.72. The average molecular weight is 417 g/mol. The number of nitrogens with two attached hydrogens (primary N) is 1. The molecular weight excluding hydrogens is 394 g/mol. The first-order valence-corrected chi connectivity index (χ1v) is 9.61. The third-order valence-electron chi connectivity index (χ3n) is 5.04. The number of anilines is 1. The van der Waals surface area contributed by atoms with E-state index in [1.807, 2.05) is 48.5 Å². The minimum atomic E-state index is 0.539. The fourth-order valence-corrected chi connectivity index (χ4v) is 3.62. The highest BCUT2D eigenvalue weighted by Gasteiger charge is 2.23. The highest BCUT2D eigenvalue weighted by atomic mass is 16.5. The van der Waals surface area contributed by atoms with Crippen LogP contribution in [0.15, 0.2) is 54.6 Å². The number of nitrogens with zero attached hydrogens (tertiary/aromatic N) is 2. The SMILES string of the molecule is COc1cccc(-c2nc3cccc(N)c3nc2-c2cccc(OC)c2OC)c1OC. The molecule has 0 aliphatic rings. The third-order valence-corrected chi connectivity index (χ3v) is 5.04. The van der Waals surface area contributed by atoms with Crippen LogP contribution in [-0.4, -0.2) is 38.4 Å². The van der Waals surface area contributed by atoms with Crippen molar-refractivity contribution in [3.63, 3.8) is 0 Å². The minimum absolute atomic E-state index is 0.539. The molecular formula is C24H23N3O4. The number of para-hydroxylation sites is 3. The van der Waals surface area contributed by atoms with E-state index in [4.69, 9.17) is 34.6 Å². The number of aromatic nitrogens is 2. The standard InChI is InChI=1S/C24H23N3O4/c1-28-18-12-5-8-14(23(18)30-3)20-21(15-9-6-13-19(29-2)24(15)31-4)27-22-16(25)10-7-11-17(22)26-20/h5-13H,25H2,1-4H3. The molecule has 4 aromatic rings. The van der Waals surface area contributed by atoms with Gasteiger partial charge in [0, 0.05) is 11.1 Å². The van der Waals surface area contributed by atoms with Crippen LogP contribution in [0.4, 0.5) is 5.69 Å². The van der Waals surface area contributed by atoms with Crippen molar-refractivity contribution in [1.82, 2.24) is 9.97 Å². The van der Waals surface area contributed by atoms with E-state index >= 15 is 0 Å². The lowest BCUT2D eigenvalue weighted by Crippen LogP contribution is -2.02. The van der Waals surface area contributed by atoms with E-state index < -0.39 is 0 Å². The second kappa shape index (κ2) is 8.39. The quantitative estimate of drug-likeness (QED) is 0.459.